The molecule has 0 aliphatic carbocycles. The van der Waals surface area contributed by atoms with Gasteiger partial charge in [-0.05, 0) is 56.0 Å². The number of likely N-dealkylation sites (tertiary alicyclic amines) is 1. The Morgan fingerprint density at radius 2 is 1.79 bits per heavy atom. The van der Waals surface area contributed by atoms with Crippen LogP contribution in [0.4, 0.5) is 5.82 Å². The predicted octanol–water partition coefficient (Wildman–Crippen LogP) is 3.25. The fraction of sp³-hybridized carbons (Fsp3) is 0.423. The summed E-state index contributed by atoms with van der Waals surface area (Å²) in [6.07, 6.45) is 4.10. The number of aryl methyl sites for hydroxylation is 1. The van der Waals surface area contributed by atoms with Gasteiger partial charge in [0.05, 0.1) is 5.69 Å². The minimum Gasteiger partial charge on any atom is -0.354 e. The predicted molar refractivity (Wildman–Crippen MR) is 130 cm³/mol. The van der Waals surface area contributed by atoms with Crippen LogP contribution in [-0.4, -0.2) is 76.3 Å². The van der Waals surface area contributed by atoms with Gasteiger partial charge in [-0.25, -0.2) is 9.67 Å². The van der Waals surface area contributed by atoms with Crippen LogP contribution in [0.15, 0.2) is 60.8 Å². The van der Waals surface area contributed by atoms with E-state index in [1.165, 1.54) is 6.42 Å². The molecule has 2 fully saturated rings. The zero-order valence-corrected chi connectivity index (χ0v) is 19.3. The Kier molecular flexibility index (Phi) is 6.39. The summed E-state index contributed by atoms with van der Waals surface area (Å²) < 4.78 is 1.86. The number of carbonyl (C=O) groups is 1. The third kappa shape index (κ3) is 4.93. The lowest BCUT2D eigenvalue weighted by Crippen LogP contribution is -2.50. The molecular weight excluding hydrogens is 412 g/mol. The number of piperazine rings is 1. The van der Waals surface area contributed by atoms with Crippen molar-refractivity contribution < 1.29 is 4.79 Å². The molecule has 0 spiro atoms. The van der Waals surface area contributed by atoms with Crippen LogP contribution in [0.1, 0.15) is 29.0 Å². The first-order chi connectivity index (χ1) is 16.2. The molecule has 5 rings (SSSR count). The minimum atomic E-state index is 0.0532. The summed E-state index contributed by atoms with van der Waals surface area (Å²) >= 11 is 0. The summed E-state index contributed by atoms with van der Waals surface area (Å²) in [7, 11) is 0. The molecule has 0 bridgehead atoms. The molecule has 3 aromatic rings. The second kappa shape index (κ2) is 9.75. The number of para-hydroxylation sites is 1. The standard InChI is InChI=1S/C26H32N6O/c1-21-18-24(28-32(21)23-9-3-2-4-10-23)26(33)31-13-7-8-22(20-31)19-29-14-16-30(17-15-29)25-11-5-6-12-27-25/h2-6,9-12,18,22H,7-8,13-17,19-20H2,1H3. The topological polar surface area (TPSA) is 57.5 Å². The van der Waals surface area contributed by atoms with Gasteiger partial charge in [0, 0.05) is 57.7 Å². The average molecular weight is 445 g/mol. The summed E-state index contributed by atoms with van der Waals surface area (Å²) in [6, 6.07) is 18.0. The molecule has 2 aliphatic heterocycles. The smallest absolute Gasteiger partial charge is 0.274 e. The number of anilines is 1. The second-order valence-electron chi connectivity index (χ2n) is 9.15. The van der Waals surface area contributed by atoms with Gasteiger partial charge in [-0.1, -0.05) is 24.3 Å². The third-order valence-corrected chi connectivity index (χ3v) is 6.78. The molecule has 2 aliphatic rings. The molecule has 1 amide bonds. The number of nitrogens with zero attached hydrogens (tertiary/aromatic N) is 6. The Balaban J connectivity index is 1.17. The number of hydrogen-bond acceptors (Lipinski definition) is 5. The highest BCUT2D eigenvalue weighted by Gasteiger charge is 2.28. The molecule has 0 radical (unpaired) electrons. The molecule has 7 heteroatoms. The first-order valence-corrected chi connectivity index (χ1v) is 12.0. The third-order valence-electron chi connectivity index (χ3n) is 6.78. The summed E-state index contributed by atoms with van der Waals surface area (Å²) in [4.78, 5) is 24.7. The van der Waals surface area contributed by atoms with Crippen molar-refractivity contribution in [3.05, 3.63) is 72.2 Å². The zero-order valence-electron chi connectivity index (χ0n) is 19.3. The van der Waals surface area contributed by atoms with E-state index in [-0.39, 0.29) is 5.91 Å². The van der Waals surface area contributed by atoms with Crippen LogP contribution in [0.2, 0.25) is 0 Å². The quantitative estimate of drug-likeness (QED) is 0.605. The van der Waals surface area contributed by atoms with Crippen LogP contribution in [-0.2, 0) is 0 Å². The molecule has 2 aromatic heterocycles. The Hall–Kier alpha value is -3.19. The molecule has 4 heterocycles. The van der Waals surface area contributed by atoms with Gasteiger partial charge in [-0.3, -0.25) is 9.69 Å². The van der Waals surface area contributed by atoms with Gasteiger partial charge in [0.15, 0.2) is 5.69 Å². The van der Waals surface area contributed by atoms with Crippen molar-refractivity contribution >= 4 is 11.7 Å². The van der Waals surface area contributed by atoms with Crippen LogP contribution in [0.5, 0.6) is 0 Å². The summed E-state index contributed by atoms with van der Waals surface area (Å²) in [5.74, 6) is 1.63. The summed E-state index contributed by atoms with van der Waals surface area (Å²) in [5.41, 5.74) is 2.50. The Labute approximate surface area is 195 Å². The molecule has 0 N–H and O–H groups in total. The number of carbonyl (C=O) groups excluding carboxylic acids is 1. The van der Waals surface area contributed by atoms with Crippen molar-refractivity contribution in [3.63, 3.8) is 0 Å². The molecular formula is C26H32N6O. The summed E-state index contributed by atoms with van der Waals surface area (Å²) in [5, 5.41) is 4.64. The van der Waals surface area contributed by atoms with Crippen molar-refractivity contribution in [2.75, 3.05) is 50.7 Å². The summed E-state index contributed by atoms with van der Waals surface area (Å²) in [6.45, 7) is 8.78. The number of rotatable bonds is 5. The van der Waals surface area contributed by atoms with Gasteiger partial charge in [0.1, 0.15) is 5.82 Å². The van der Waals surface area contributed by atoms with E-state index in [1.807, 2.05) is 71.2 Å². The van der Waals surface area contributed by atoms with Crippen LogP contribution in [0.3, 0.4) is 0 Å². The van der Waals surface area contributed by atoms with E-state index in [0.717, 1.165) is 69.4 Å². The van der Waals surface area contributed by atoms with E-state index in [9.17, 15) is 4.79 Å². The first kappa shape index (κ1) is 21.6. The van der Waals surface area contributed by atoms with E-state index < -0.39 is 0 Å². The number of amides is 1. The van der Waals surface area contributed by atoms with E-state index in [0.29, 0.717) is 11.6 Å². The van der Waals surface area contributed by atoms with Crippen molar-refractivity contribution in [1.29, 1.82) is 0 Å². The Morgan fingerprint density at radius 1 is 1.00 bits per heavy atom. The molecule has 33 heavy (non-hydrogen) atoms. The highest BCUT2D eigenvalue weighted by Crippen LogP contribution is 2.22. The van der Waals surface area contributed by atoms with Gasteiger partial charge >= 0.3 is 0 Å². The lowest BCUT2D eigenvalue weighted by Gasteiger charge is -2.39. The molecule has 2 saturated heterocycles. The molecule has 172 valence electrons. The zero-order chi connectivity index (χ0) is 22.6. The Bertz CT molecular complexity index is 1060. The van der Waals surface area contributed by atoms with Crippen LogP contribution in [0, 0.1) is 12.8 Å². The van der Waals surface area contributed by atoms with E-state index >= 15 is 0 Å². The second-order valence-corrected chi connectivity index (χ2v) is 9.15. The van der Waals surface area contributed by atoms with Crippen molar-refractivity contribution in [2.24, 2.45) is 5.92 Å². The van der Waals surface area contributed by atoms with Gasteiger partial charge in [0.25, 0.3) is 5.91 Å². The van der Waals surface area contributed by atoms with Crippen molar-refractivity contribution in [1.82, 2.24) is 24.6 Å². The van der Waals surface area contributed by atoms with E-state index in [2.05, 4.69) is 25.9 Å². The highest BCUT2D eigenvalue weighted by atomic mass is 16.2. The maximum atomic E-state index is 13.3. The SMILES string of the molecule is Cc1cc(C(=O)N2CCCC(CN3CCN(c4ccccn4)CC3)C2)nn1-c1ccccc1. The molecule has 1 aromatic carbocycles. The lowest BCUT2D eigenvalue weighted by molar-refractivity contribution is 0.0631. The molecule has 7 nitrogen and oxygen atoms in total. The number of piperidine rings is 1. The normalized spacial score (nSPS) is 19.6. The van der Waals surface area contributed by atoms with Crippen molar-refractivity contribution in [2.45, 2.75) is 19.8 Å². The van der Waals surface area contributed by atoms with E-state index in [1.54, 1.807) is 0 Å². The fourth-order valence-electron chi connectivity index (χ4n) is 5.04. The molecule has 1 atom stereocenters. The Morgan fingerprint density at radius 3 is 2.55 bits per heavy atom. The van der Waals surface area contributed by atoms with Crippen LogP contribution in [0.25, 0.3) is 5.69 Å². The van der Waals surface area contributed by atoms with Crippen LogP contribution < -0.4 is 4.90 Å². The minimum absolute atomic E-state index is 0.0532. The van der Waals surface area contributed by atoms with Gasteiger partial charge in [-0.2, -0.15) is 5.10 Å². The van der Waals surface area contributed by atoms with Gasteiger partial charge < -0.3 is 9.80 Å². The van der Waals surface area contributed by atoms with Crippen LogP contribution >= 0.6 is 0 Å². The largest absolute Gasteiger partial charge is 0.354 e. The van der Waals surface area contributed by atoms with Gasteiger partial charge in [0.2, 0.25) is 0 Å². The monoisotopic (exact) mass is 444 g/mol. The highest BCUT2D eigenvalue weighted by molar-refractivity contribution is 5.92. The molecule has 1 unspecified atom stereocenters. The van der Waals surface area contributed by atoms with E-state index in [4.69, 9.17) is 0 Å². The van der Waals surface area contributed by atoms with Crippen molar-refractivity contribution in [3.8, 4) is 5.69 Å². The maximum Gasteiger partial charge on any atom is 0.274 e. The number of hydrogen-bond donors (Lipinski definition) is 0. The first-order valence-electron chi connectivity index (χ1n) is 12.0. The number of pyridine rings is 1. The van der Waals surface area contributed by atoms with Gasteiger partial charge in [-0.15, -0.1) is 0 Å². The number of benzene rings is 1. The fourth-order valence-corrected chi connectivity index (χ4v) is 5.04. The number of aromatic nitrogens is 3. The molecule has 0 saturated carbocycles. The maximum absolute atomic E-state index is 13.3. The lowest BCUT2D eigenvalue weighted by atomic mass is 9.96. The average Bonchev–Trinajstić information content (AvgIpc) is 3.27.